The summed E-state index contributed by atoms with van der Waals surface area (Å²) in [5.74, 6) is -0.488. The SMILES string of the molecule is CC/C=C/C/C=C/CCCCCCCCCC(=O)OC(CCCCC/C=C/CCCCCCCCCCC)CC(=O)NC(CO)C(O)CCCCCCCCCCCCCCC. The second-order valence-corrected chi connectivity index (χ2v) is 18.6. The first-order valence-electron chi connectivity index (χ1n) is 27.2. The Morgan fingerprint density at radius 2 is 0.871 bits per heavy atom. The second kappa shape index (κ2) is 50.1. The average Bonchev–Trinajstić information content (AvgIpc) is 3.26. The Morgan fingerprint density at radius 1 is 0.484 bits per heavy atom. The van der Waals surface area contributed by atoms with Gasteiger partial charge in [-0.1, -0.05) is 231 Å². The number of allylic oxidation sites excluding steroid dienone is 6. The van der Waals surface area contributed by atoms with Crippen molar-refractivity contribution >= 4 is 11.9 Å². The number of hydrogen-bond acceptors (Lipinski definition) is 5. The number of aliphatic hydroxyl groups excluding tert-OH is 2. The number of carbonyl (C=O) groups excluding carboxylic acids is 2. The van der Waals surface area contributed by atoms with Crippen molar-refractivity contribution in [3.63, 3.8) is 0 Å². The molecule has 0 aromatic rings. The van der Waals surface area contributed by atoms with Crippen LogP contribution in [0.25, 0.3) is 0 Å². The molecule has 0 aliphatic heterocycles. The summed E-state index contributed by atoms with van der Waals surface area (Å²) in [5.41, 5.74) is 0. The lowest BCUT2D eigenvalue weighted by molar-refractivity contribution is -0.151. The zero-order valence-electron chi connectivity index (χ0n) is 41.5. The van der Waals surface area contributed by atoms with Gasteiger partial charge in [-0.15, -0.1) is 0 Å². The molecule has 6 heteroatoms. The van der Waals surface area contributed by atoms with E-state index in [1.165, 1.54) is 154 Å². The van der Waals surface area contributed by atoms with Crippen LogP contribution in [-0.4, -0.2) is 46.9 Å². The van der Waals surface area contributed by atoms with Gasteiger partial charge in [0.25, 0.3) is 0 Å². The van der Waals surface area contributed by atoms with E-state index in [1.807, 2.05) is 0 Å². The van der Waals surface area contributed by atoms with Gasteiger partial charge in [0.05, 0.1) is 25.2 Å². The molecule has 0 aliphatic rings. The Hall–Kier alpha value is -1.92. The van der Waals surface area contributed by atoms with Crippen molar-refractivity contribution in [1.82, 2.24) is 5.32 Å². The topological polar surface area (TPSA) is 95.9 Å². The summed E-state index contributed by atoms with van der Waals surface area (Å²) in [5, 5.41) is 23.8. The van der Waals surface area contributed by atoms with Crippen molar-refractivity contribution in [3.05, 3.63) is 36.5 Å². The molecular formula is C56H105NO5. The summed E-state index contributed by atoms with van der Waals surface area (Å²) in [6, 6.07) is -0.706. The molecule has 0 fully saturated rings. The summed E-state index contributed by atoms with van der Waals surface area (Å²) < 4.78 is 5.94. The molecular weight excluding hydrogens is 767 g/mol. The molecule has 0 aromatic heterocycles. The minimum absolute atomic E-state index is 0.0664. The number of nitrogens with one attached hydrogen (secondary N) is 1. The van der Waals surface area contributed by atoms with Crippen molar-refractivity contribution < 1.29 is 24.5 Å². The van der Waals surface area contributed by atoms with Gasteiger partial charge in [-0.3, -0.25) is 9.59 Å². The standard InChI is InChI=1S/C56H105NO5/c1-4-7-10-13-16-19-22-25-27-28-30-32-35-38-41-44-47-52(62-56(61)49-46-43-40-37-34-31-26-23-20-17-14-11-8-5-2)50-55(60)57-53(51-58)54(59)48-45-42-39-36-33-29-24-21-18-15-12-9-6-3/h8,11,17,20,30,32,52-54,58-59H,4-7,9-10,12-16,18-19,21-29,31,33-51H2,1-3H3,(H,57,60)/b11-8+,20-17+,32-30+. The maximum absolute atomic E-state index is 13.2. The fourth-order valence-electron chi connectivity index (χ4n) is 8.35. The van der Waals surface area contributed by atoms with Gasteiger partial charge >= 0.3 is 5.97 Å². The summed E-state index contributed by atoms with van der Waals surface area (Å²) >= 11 is 0. The van der Waals surface area contributed by atoms with Crippen LogP contribution in [0, 0.1) is 0 Å². The zero-order chi connectivity index (χ0) is 45.2. The highest BCUT2D eigenvalue weighted by molar-refractivity contribution is 5.77. The predicted molar refractivity (Wildman–Crippen MR) is 269 cm³/mol. The Kier molecular flexibility index (Phi) is 48.5. The third-order valence-electron chi connectivity index (χ3n) is 12.5. The molecule has 0 spiro atoms. The highest BCUT2D eigenvalue weighted by Gasteiger charge is 2.24. The predicted octanol–water partition coefficient (Wildman–Crippen LogP) is 16.5. The first-order valence-corrected chi connectivity index (χ1v) is 27.2. The summed E-state index contributed by atoms with van der Waals surface area (Å²) in [6.45, 7) is 6.39. The average molecular weight is 872 g/mol. The molecule has 1 amide bonds. The maximum atomic E-state index is 13.2. The van der Waals surface area contributed by atoms with Gasteiger partial charge < -0.3 is 20.3 Å². The van der Waals surface area contributed by atoms with E-state index in [0.717, 1.165) is 83.5 Å². The van der Waals surface area contributed by atoms with E-state index in [4.69, 9.17) is 4.74 Å². The van der Waals surface area contributed by atoms with E-state index < -0.39 is 18.2 Å². The zero-order valence-corrected chi connectivity index (χ0v) is 41.5. The lowest BCUT2D eigenvalue weighted by Crippen LogP contribution is -2.46. The van der Waals surface area contributed by atoms with Gasteiger partial charge in [0.15, 0.2) is 0 Å². The minimum Gasteiger partial charge on any atom is -0.462 e. The van der Waals surface area contributed by atoms with Crippen LogP contribution in [0.2, 0.25) is 0 Å². The minimum atomic E-state index is -0.791. The number of rotatable bonds is 49. The van der Waals surface area contributed by atoms with Crippen LogP contribution in [0.15, 0.2) is 36.5 Å². The van der Waals surface area contributed by atoms with Crippen molar-refractivity contribution in [3.8, 4) is 0 Å². The highest BCUT2D eigenvalue weighted by atomic mass is 16.5. The number of esters is 1. The molecule has 0 bridgehead atoms. The summed E-state index contributed by atoms with van der Waals surface area (Å²) in [4.78, 5) is 26.2. The highest BCUT2D eigenvalue weighted by Crippen LogP contribution is 2.18. The molecule has 364 valence electrons. The normalized spacial score (nSPS) is 13.4. The third-order valence-corrected chi connectivity index (χ3v) is 12.5. The van der Waals surface area contributed by atoms with Crippen molar-refractivity contribution in [1.29, 1.82) is 0 Å². The van der Waals surface area contributed by atoms with Gasteiger partial charge in [-0.25, -0.2) is 0 Å². The van der Waals surface area contributed by atoms with Gasteiger partial charge in [0.1, 0.15) is 6.10 Å². The molecule has 3 N–H and O–H groups in total. The van der Waals surface area contributed by atoms with E-state index in [0.29, 0.717) is 19.3 Å². The van der Waals surface area contributed by atoms with E-state index in [1.54, 1.807) is 0 Å². The van der Waals surface area contributed by atoms with Crippen molar-refractivity contribution in [2.45, 2.75) is 302 Å². The first-order chi connectivity index (χ1) is 30.5. The second-order valence-electron chi connectivity index (χ2n) is 18.6. The largest absolute Gasteiger partial charge is 0.462 e. The van der Waals surface area contributed by atoms with Gasteiger partial charge in [0, 0.05) is 6.42 Å². The molecule has 0 aromatic carbocycles. The van der Waals surface area contributed by atoms with Crippen LogP contribution in [0.1, 0.15) is 284 Å². The van der Waals surface area contributed by atoms with Crippen LogP contribution >= 0.6 is 0 Å². The van der Waals surface area contributed by atoms with Crippen molar-refractivity contribution in [2.24, 2.45) is 0 Å². The number of hydrogen-bond donors (Lipinski definition) is 3. The number of unbranched alkanes of at least 4 members (excludes halogenated alkanes) is 31. The van der Waals surface area contributed by atoms with E-state index in [9.17, 15) is 19.8 Å². The maximum Gasteiger partial charge on any atom is 0.306 e. The van der Waals surface area contributed by atoms with Crippen LogP contribution < -0.4 is 5.32 Å². The number of amides is 1. The molecule has 0 aliphatic carbocycles. The molecule has 3 unspecified atom stereocenters. The molecule has 0 saturated heterocycles. The monoisotopic (exact) mass is 872 g/mol. The van der Waals surface area contributed by atoms with Crippen molar-refractivity contribution in [2.75, 3.05) is 6.61 Å². The Balaban J connectivity index is 4.59. The fraction of sp³-hybridized carbons (Fsp3) is 0.857. The first kappa shape index (κ1) is 60.1. The smallest absolute Gasteiger partial charge is 0.306 e. The lowest BCUT2D eigenvalue weighted by Gasteiger charge is -2.24. The lowest BCUT2D eigenvalue weighted by atomic mass is 10.0. The fourth-order valence-corrected chi connectivity index (χ4v) is 8.35. The quantitative estimate of drug-likeness (QED) is 0.0321. The van der Waals surface area contributed by atoms with E-state index >= 15 is 0 Å². The molecule has 0 saturated carbocycles. The molecule has 3 atom stereocenters. The van der Waals surface area contributed by atoms with E-state index in [-0.39, 0.29) is 24.9 Å². The Labute approximate surface area is 385 Å². The van der Waals surface area contributed by atoms with Crippen LogP contribution in [0.3, 0.4) is 0 Å². The third kappa shape index (κ3) is 44.7. The number of ether oxygens (including phenoxy) is 1. The Morgan fingerprint density at radius 3 is 1.34 bits per heavy atom. The van der Waals surface area contributed by atoms with E-state index in [2.05, 4.69) is 62.5 Å². The number of aliphatic hydroxyl groups is 2. The number of carbonyl (C=O) groups is 2. The molecule has 62 heavy (non-hydrogen) atoms. The summed E-state index contributed by atoms with van der Waals surface area (Å²) in [7, 11) is 0. The van der Waals surface area contributed by atoms with Crippen LogP contribution in [0.5, 0.6) is 0 Å². The van der Waals surface area contributed by atoms with Gasteiger partial charge in [-0.05, 0) is 77.0 Å². The molecule has 0 radical (unpaired) electrons. The molecule has 0 rings (SSSR count). The summed E-state index contributed by atoms with van der Waals surface area (Å²) in [6.07, 6.45) is 59.2. The van der Waals surface area contributed by atoms with Crippen LogP contribution in [-0.2, 0) is 14.3 Å². The Bertz CT molecular complexity index is 1020. The van der Waals surface area contributed by atoms with Gasteiger partial charge in [-0.2, -0.15) is 0 Å². The van der Waals surface area contributed by atoms with Gasteiger partial charge in [0.2, 0.25) is 5.91 Å². The molecule has 0 heterocycles. The molecule has 6 nitrogen and oxygen atoms in total. The van der Waals surface area contributed by atoms with Crippen LogP contribution in [0.4, 0.5) is 0 Å².